The molecule has 0 aromatic rings. The average Bonchev–Trinajstić information content (AvgIpc) is 2.71. The molecule has 0 aromatic carbocycles. The largest absolute Gasteiger partial charge is 0.394 e. The number of hydrogen-bond donors (Lipinski definition) is 3. The molecular weight excluding hydrogens is 368 g/mol. The van der Waals surface area contributed by atoms with Crippen LogP contribution in [0.1, 0.15) is 104 Å². The summed E-state index contributed by atoms with van der Waals surface area (Å²) in [6.45, 7) is 5.45. The quantitative estimate of drug-likeness (QED) is 0.207. The van der Waals surface area contributed by atoms with Crippen LogP contribution in [0.2, 0.25) is 0 Å². The van der Waals surface area contributed by atoms with E-state index in [1.165, 1.54) is 83.5 Å². The predicted octanol–water partition coefficient (Wildman–Crippen LogP) is 4.85. The van der Waals surface area contributed by atoms with Crippen LogP contribution in [0.15, 0.2) is 0 Å². The molecule has 3 N–H and O–H groups in total. The van der Waals surface area contributed by atoms with Gasteiger partial charge in [0.2, 0.25) is 0 Å². The Kier molecular flexibility index (Phi) is 22.3. The standard InChI is InChI=1S/C24H50O5/c1-3-4-5-12-15-22(2)16-13-10-8-6-7-9-11-14-17-28-20-24(27)21-29-19-23(26)18-25/h22-27H,3-21H2,1-2H3. The minimum atomic E-state index is -0.882. The van der Waals surface area contributed by atoms with Crippen LogP contribution >= 0.6 is 0 Å². The monoisotopic (exact) mass is 418 g/mol. The second-order valence-electron chi connectivity index (χ2n) is 8.67. The van der Waals surface area contributed by atoms with Gasteiger partial charge in [0.15, 0.2) is 0 Å². The van der Waals surface area contributed by atoms with Gasteiger partial charge < -0.3 is 24.8 Å². The van der Waals surface area contributed by atoms with Gasteiger partial charge in [0, 0.05) is 6.61 Å². The molecule has 0 saturated carbocycles. The van der Waals surface area contributed by atoms with E-state index in [-0.39, 0.29) is 26.4 Å². The zero-order chi connectivity index (χ0) is 21.6. The van der Waals surface area contributed by atoms with Crippen LogP contribution in [0.3, 0.4) is 0 Å². The van der Waals surface area contributed by atoms with Crippen molar-refractivity contribution in [2.45, 2.75) is 116 Å². The number of aliphatic hydroxyl groups excluding tert-OH is 3. The van der Waals surface area contributed by atoms with E-state index in [9.17, 15) is 5.11 Å². The van der Waals surface area contributed by atoms with E-state index >= 15 is 0 Å². The van der Waals surface area contributed by atoms with E-state index in [1.807, 2.05) is 0 Å². The topological polar surface area (TPSA) is 79.2 Å². The van der Waals surface area contributed by atoms with Crippen molar-refractivity contribution in [2.75, 3.05) is 33.0 Å². The maximum atomic E-state index is 9.68. The Morgan fingerprint density at radius 1 is 0.621 bits per heavy atom. The SMILES string of the molecule is CCCCCCC(C)CCCCCCCCCCOCC(O)COCC(O)CO. The molecule has 29 heavy (non-hydrogen) atoms. The number of unbranched alkanes of at least 4 members (excludes halogenated alkanes) is 10. The third kappa shape index (κ3) is 22.3. The fourth-order valence-electron chi connectivity index (χ4n) is 3.48. The molecule has 5 heteroatoms. The molecule has 0 amide bonds. The summed E-state index contributed by atoms with van der Waals surface area (Å²) in [7, 11) is 0. The van der Waals surface area contributed by atoms with Crippen molar-refractivity contribution in [1.82, 2.24) is 0 Å². The number of rotatable bonds is 23. The zero-order valence-corrected chi connectivity index (χ0v) is 19.3. The molecule has 0 aliphatic heterocycles. The summed E-state index contributed by atoms with van der Waals surface area (Å²) in [5.74, 6) is 0.907. The smallest absolute Gasteiger partial charge is 0.101 e. The van der Waals surface area contributed by atoms with Gasteiger partial charge in [-0.1, -0.05) is 97.3 Å². The van der Waals surface area contributed by atoms with Crippen molar-refractivity contribution in [1.29, 1.82) is 0 Å². The van der Waals surface area contributed by atoms with E-state index in [0.29, 0.717) is 6.61 Å². The molecule has 3 unspecified atom stereocenters. The van der Waals surface area contributed by atoms with E-state index in [2.05, 4.69) is 13.8 Å². The Hall–Kier alpha value is -0.200. The predicted molar refractivity (Wildman–Crippen MR) is 120 cm³/mol. The van der Waals surface area contributed by atoms with E-state index < -0.39 is 12.2 Å². The summed E-state index contributed by atoms with van der Waals surface area (Å²) >= 11 is 0. The molecule has 0 bridgehead atoms. The van der Waals surface area contributed by atoms with Crippen LogP contribution in [0.4, 0.5) is 0 Å². The summed E-state index contributed by atoms with van der Waals surface area (Å²) in [6.07, 6.45) is 17.1. The van der Waals surface area contributed by atoms with Crippen molar-refractivity contribution >= 4 is 0 Å². The molecule has 0 radical (unpaired) electrons. The molecule has 3 atom stereocenters. The molecule has 0 aliphatic carbocycles. The summed E-state index contributed by atoms with van der Waals surface area (Å²) in [6, 6.07) is 0. The van der Waals surface area contributed by atoms with E-state index in [1.54, 1.807) is 0 Å². The Morgan fingerprint density at radius 2 is 1.10 bits per heavy atom. The van der Waals surface area contributed by atoms with Gasteiger partial charge in [-0.2, -0.15) is 0 Å². The van der Waals surface area contributed by atoms with Crippen LogP contribution in [-0.2, 0) is 9.47 Å². The summed E-state index contributed by atoms with van der Waals surface area (Å²) in [4.78, 5) is 0. The highest BCUT2D eigenvalue weighted by molar-refractivity contribution is 4.56. The van der Waals surface area contributed by atoms with Gasteiger partial charge in [0.05, 0.1) is 26.4 Å². The van der Waals surface area contributed by atoms with E-state index in [0.717, 1.165) is 12.3 Å². The number of aliphatic hydroxyl groups is 3. The van der Waals surface area contributed by atoms with Crippen molar-refractivity contribution < 1.29 is 24.8 Å². The fraction of sp³-hybridized carbons (Fsp3) is 1.00. The lowest BCUT2D eigenvalue weighted by atomic mass is 9.96. The van der Waals surface area contributed by atoms with Crippen LogP contribution in [0, 0.1) is 5.92 Å². The van der Waals surface area contributed by atoms with Crippen molar-refractivity contribution in [3.05, 3.63) is 0 Å². The molecule has 0 fully saturated rings. The first-order chi connectivity index (χ1) is 14.1. The third-order valence-electron chi connectivity index (χ3n) is 5.43. The normalized spacial score (nSPS) is 14.8. The Morgan fingerprint density at radius 3 is 1.69 bits per heavy atom. The molecular formula is C24H50O5. The van der Waals surface area contributed by atoms with Crippen LogP contribution in [0.5, 0.6) is 0 Å². The minimum absolute atomic E-state index is 0.0334. The lowest BCUT2D eigenvalue weighted by Gasteiger charge is -2.13. The summed E-state index contributed by atoms with van der Waals surface area (Å²) in [5, 5.41) is 27.5. The minimum Gasteiger partial charge on any atom is -0.394 e. The molecule has 5 nitrogen and oxygen atoms in total. The second-order valence-corrected chi connectivity index (χ2v) is 8.67. The first-order valence-electron chi connectivity index (χ1n) is 12.2. The maximum Gasteiger partial charge on any atom is 0.101 e. The maximum absolute atomic E-state index is 9.68. The second kappa shape index (κ2) is 22.5. The molecule has 0 aromatic heterocycles. The van der Waals surface area contributed by atoms with Crippen molar-refractivity contribution in [3.8, 4) is 0 Å². The highest BCUT2D eigenvalue weighted by Crippen LogP contribution is 2.18. The fourth-order valence-corrected chi connectivity index (χ4v) is 3.48. The molecule has 0 saturated heterocycles. The first kappa shape index (κ1) is 28.8. The van der Waals surface area contributed by atoms with E-state index in [4.69, 9.17) is 19.7 Å². The number of ether oxygens (including phenoxy) is 2. The third-order valence-corrected chi connectivity index (χ3v) is 5.43. The van der Waals surface area contributed by atoms with Gasteiger partial charge >= 0.3 is 0 Å². The zero-order valence-electron chi connectivity index (χ0n) is 19.3. The summed E-state index contributed by atoms with van der Waals surface area (Å²) in [5.41, 5.74) is 0. The van der Waals surface area contributed by atoms with Crippen molar-refractivity contribution in [2.24, 2.45) is 5.92 Å². The molecule has 0 heterocycles. The molecule has 0 rings (SSSR count). The van der Waals surface area contributed by atoms with Gasteiger partial charge in [-0.3, -0.25) is 0 Å². The van der Waals surface area contributed by atoms with Crippen molar-refractivity contribution in [3.63, 3.8) is 0 Å². The van der Waals surface area contributed by atoms with Gasteiger partial charge in [-0.15, -0.1) is 0 Å². The Balaban J connectivity index is 3.21. The highest BCUT2D eigenvalue weighted by atomic mass is 16.5. The highest BCUT2D eigenvalue weighted by Gasteiger charge is 2.07. The molecule has 0 aliphatic rings. The average molecular weight is 419 g/mol. The summed E-state index contributed by atoms with van der Waals surface area (Å²) < 4.78 is 10.6. The lowest BCUT2D eigenvalue weighted by Crippen LogP contribution is -2.26. The van der Waals surface area contributed by atoms with Gasteiger partial charge in [-0.25, -0.2) is 0 Å². The van der Waals surface area contributed by atoms with Crippen LogP contribution < -0.4 is 0 Å². The Bertz CT molecular complexity index is 314. The van der Waals surface area contributed by atoms with Crippen LogP contribution in [-0.4, -0.2) is 60.6 Å². The lowest BCUT2D eigenvalue weighted by molar-refractivity contribution is -0.0481. The van der Waals surface area contributed by atoms with Gasteiger partial charge in [-0.05, 0) is 12.3 Å². The molecule has 176 valence electrons. The van der Waals surface area contributed by atoms with Gasteiger partial charge in [0.25, 0.3) is 0 Å². The number of hydrogen-bond acceptors (Lipinski definition) is 5. The van der Waals surface area contributed by atoms with Gasteiger partial charge in [0.1, 0.15) is 12.2 Å². The van der Waals surface area contributed by atoms with Crippen LogP contribution in [0.25, 0.3) is 0 Å². The first-order valence-corrected chi connectivity index (χ1v) is 12.2. The Labute approximate surface area is 180 Å². The molecule has 0 spiro atoms.